The lowest BCUT2D eigenvalue weighted by Crippen LogP contribution is -2.69. The number of carboxylic acid groups (broad SMARTS) is 1. The zero-order valence-electron chi connectivity index (χ0n) is 16.5. The molecule has 156 valence electrons. The summed E-state index contributed by atoms with van der Waals surface area (Å²) in [6.07, 6.45) is -0.257. The minimum Gasteiger partial charge on any atom is -0.465 e. The van der Waals surface area contributed by atoms with Crippen molar-refractivity contribution in [2.75, 3.05) is 11.4 Å². The van der Waals surface area contributed by atoms with E-state index in [4.69, 9.17) is 5.73 Å². The molecule has 2 aliphatic rings. The molecule has 30 heavy (non-hydrogen) atoms. The van der Waals surface area contributed by atoms with Gasteiger partial charge >= 0.3 is 12.1 Å². The van der Waals surface area contributed by atoms with Crippen LogP contribution in [0.4, 0.5) is 19.7 Å². The molecule has 2 aliphatic heterocycles. The number of amidine groups is 1. The number of benzene rings is 2. The number of carbonyl (C=O) groups excluding carboxylic acids is 1. The molecule has 1 spiro atoms. The molecule has 7 nitrogen and oxygen atoms in total. The van der Waals surface area contributed by atoms with E-state index in [-0.39, 0.29) is 24.7 Å². The van der Waals surface area contributed by atoms with E-state index in [0.29, 0.717) is 12.1 Å². The highest BCUT2D eigenvalue weighted by Gasteiger charge is 2.59. The van der Waals surface area contributed by atoms with Crippen molar-refractivity contribution in [2.45, 2.75) is 31.3 Å². The number of aliphatic imine (C=N–C) groups is 1. The number of carbonyl (C=O) groups is 2. The van der Waals surface area contributed by atoms with E-state index in [1.807, 2.05) is 37.3 Å². The minimum atomic E-state index is -1.04. The van der Waals surface area contributed by atoms with E-state index in [2.05, 4.69) is 4.99 Å². The standard InChI is InChI=1S/C22H23FN4O3/c1-14-18(12-15-6-3-2-4-7-15)22(10-11-26(14)21(29)30)19(24)25-20(28)27(22)17-9-5-8-16(23)13-17/h2-9,13-14,18H,10-12H2,1H3,(H,29,30)(H2,24,25,28)/t14-,18-,22?/m0/s1. The first-order valence-corrected chi connectivity index (χ1v) is 9.82. The molecule has 0 radical (unpaired) electrons. The minimum absolute atomic E-state index is 0.148. The molecule has 0 aliphatic carbocycles. The number of likely N-dealkylation sites (tertiary alicyclic amines) is 1. The van der Waals surface area contributed by atoms with Gasteiger partial charge in [0, 0.05) is 24.2 Å². The van der Waals surface area contributed by atoms with Crippen LogP contribution in [0.2, 0.25) is 0 Å². The number of hydrogen-bond donors (Lipinski definition) is 2. The lowest BCUT2D eigenvalue weighted by Gasteiger charge is -2.52. The number of hydrogen-bond acceptors (Lipinski definition) is 3. The monoisotopic (exact) mass is 410 g/mol. The van der Waals surface area contributed by atoms with Crippen LogP contribution in [0.3, 0.4) is 0 Å². The zero-order valence-corrected chi connectivity index (χ0v) is 16.5. The smallest absolute Gasteiger partial charge is 0.407 e. The fourth-order valence-electron chi connectivity index (χ4n) is 4.86. The summed E-state index contributed by atoms with van der Waals surface area (Å²) in [7, 11) is 0. The Morgan fingerprint density at radius 2 is 2.00 bits per heavy atom. The van der Waals surface area contributed by atoms with E-state index in [9.17, 15) is 19.1 Å². The molecule has 0 bridgehead atoms. The Bertz CT molecular complexity index is 1010. The number of amides is 3. The van der Waals surface area contributed by atoms with Gasteiger partial charge in [0.2, 0.25) is 0 Å². The average Bonchev–Trinajstić information content (AvgIpc) is 2.95. The zero-order chi connectivity index (χ0) is 21.5. The first kappa shape index (κ1) is 19.9. The Morgan fingerprint density at radius 3 is 2.67 bits per heavy atom. The molecule has 3 N–H and O–H groups in total. The average molecular weight is 410 g/mol. The van der Waals surface area contributed by atoms with Crippen molar-refractivity contribution in [2.24, 2.45) is 16.6 Å². The number of nitrogens with zero attached hydrogens (tertiary/aromatic N) is 3. The second kappa shape index (κ2) is 7.44. The molecular weight excluding hydrogens is 387 g/mol. The van der Waals surface area contributed by atoms with Crippen molar-refractivity contribution in [3.8, 4) is 0 Å². The summed E-state index contributed by atoms with van der Waals surface area (Å²) in [6, 6.07) is 14.4. The van der Waals surface area contributed by atoms with Crippen molar-refractivity contribution in [1.82, 2.24) is 4.90 Å². The highest BCUT2D eigenvalue weighted by atomic mass is 19.1. The van der Waals surface area contributed by atoms with Gasteiger partial charge in [-0.2, -0.15) is 4.99 Å². The van der Waals surface area contributed by atoms with Gasteiger partial charge in [-0.05, 0) is 43.5 Å². The van der Waals surface area contributed by atoms with Crippen LogP contribution in [0.25, 0.3) is 0 Å². The fraction of sp³-hybridized carbons (Fsp3) is 0.318. The maximum atomic E-state index is 14.0. The quantitative estimate of drug-likeness (QED) is 0.809. The van der Waals surface area contributed by atoms with Gasteiger partial charge in [0.15, 0.2) is 0 Å². The van der Waals surface area contributed by atoms with E-state index in [1.165, 1.54) is 28.0 Å². The van der Waals surface area contributed by atoms with Gasteiger partial charge in [0.25, 0.3) is 0 Å². The molecule has 8 heteroatoms. The first-order valence-electron chi connectivity index (χ1n) is 9.82. The van der Waals surface area contributed by atoms with Crippen LogP contribution >= 0.6 is 0 Å². The Balaban J connectivity index is 1.85. The highest BCUT2D eigenvalue weighted by molar-refractivity contribution is 6.15. The molecule has 1 saturated heterocycles. The molecule has 3 amide bonds. The predicted octanol–water partition coefficient (Wildman–Crippen LogP) is 3.49. The van der Waals surface area contributed by atoms with Crippen molar-refractivity contribution in [3.63, 3.8) is 0 Å². The summed E-state index contributed by atoms with van der Waals surface area (Å²) in [5, 5.41) is 9.70. The number of piperidine rings is 1. The normalized spacial score (nSPS) is 26.2. The van der Waals surface area contributed by atoms with Crippen LogP contribution in [0.1, 0.15) is 18.9 Å². The summed E-state index contributed by atoms with van der Waals surface area (Å²) in [6.45, 7) is 2.01. The SMILES string of the molecule is C[C@H]1[C@H](Cc2ccccc2)C2(CCN1C(=O)O)C(N)=NC(=O)N2c1cccc(F)c1. The Labute approximate surface area is 173 Å². The van der Waals surface area contributed by atoms with Gasteiger partial charge in [0.05, 0.1) is 0 Å². The largest absolute Gasteiger partial charge is 0.465 e. The third-order valence-electron chi connectivity index (χ3n) is 6.28. The summed E-state index contributed by atoms with van der Waals surface area (Å²) in [4.78, 5) is 31.6. The lowest BCUT2D eigenvalue weighted by atomic mass is 9.69. The Morgan fingerprint density at radius 1 is 1.27 bits per heavy atom. The van der Waals surface area contributed by atoms with Crippen molar-refractivity contribution < 1.29 is 19.1 Å². The van der Waals surface area contributed by atoms with Gasteiger partial charge in [-0.1, -0.05) is 36.4 Å². The van der Waals surface area contributed by atoms with Crippen LogP contribution in [-0.2, 0) is 6.42 Å². The second-order valence-electron chi connectivity index (χ2n) is 7.78. The van der Waals surface area contributed by atoms with E-state index in [0.717, 1.165) is 5.56 Å². The number of urea groups is 1. The molecule has 2 aromatic carbocycles. The Kier molecular flexibility index (Phi) is 4.93. The predicted molar refractivity (Wildman–Crippen MR) is 111 cm³/mol. The van der Waals surface area contributed by atoms with Crippen LogP contribution in [-0.4, -0.2) is 46.1 Å². The topological polar surface area (TPSA) is 99.2 Å². The van der Waals surface area contributed by atoms with Gasteiger partial charge in [-0.15, -0.1) is 0 Å². The molecule has 2 aromatic rings. The number of nitrogens with two attached hydrogens (primary N) is 1. The first-order chi connectivity index (χ1) is 14.3. The molecule has 3 atom stereocenters. The Hall–Kier alpha value is -3.42. The molecule has 4 rings (SSSR count). The fourth-order valence-corrected chi connectivity index (χ4v) is 4.86. The van der Waals surface area contributed by atoms with Gasteiger partial charge in [-0.3, -0.25) is 4.90 Å². The lowest BCUT2D eigenvalue weighted by molar-refractivity contribution is 0.0632. The number of halogens is 1. The van der Waals surface area contributed by atoms with Crippen LogP contribution in [0.5, 0.6) is 0 Å². The number of anilines is 1. The summed E-state index contributed by atoms with van der Waals surface area (Å²) in [5.41, 5.74) is 6.67. The molecule has 0 saturated carbocycles. The second-order valence-corrected chi connectivity index (χ2v) is 7.78. The molecule has 0 aromatic heterocycles. The van der Waals surface area contributed by atoms with E-state index < -0.39 is 29.5 Å². The van der Waals surface area contributed by atoms with E-state index >= 15 is 0 Å². The summed E-state index contributed by atoms with van der Waals surface area (Å²) >= 11 is 0. The maximum Gasteiger partial charge on any atom is 0.407 e. The third kappa shape index (κ3) is 3.08. The molecule has 2 heterocycles. The summed E-state index contributed by atoms with van der Waals surface area (Å²) in [5.74, 6) is -0.700. The molecule has 1 unspecified atom stereocenters. The van der Waals surface area contributed by atoms with Crippen molar-refractivity contribution in [3.05, 3.63) is 66.0 Å². The van der Waals surface area contributed by atoms with Gasteiger partial charge < -0.3 is 15.7 Å². The summed E-state index contributed by atoms with van der Waals surface area (Å²) < 4.78 is 14.0. The number of rotatable bonds is 3. The third-order valence-corrected chi connectivity index (χ3v) is 6.28. The van der Waals surface area contributed by atoms with Crippen LogP contribution in [0.15, 0.2) is 59.6 Å². The van der Waals surface area contributed by atoms with Gasteiger partial charge in [0.1, 0.15) is 17.2 Å². The van der Waals surface area contributed by atoms with Crippen LogP contribution in [0, 0.1) is 11.7 Å². The maximum absolute atomic E-state index is 14.0. The van der Waals surface area contributed by atoms with E-state index in [1.54, 1.807) is 6.07 Å². The molecular formula is C22H23FN4O3. The van der Waals surface area contributed by atoms with Crippen molar-refractivity contribution in [1.29, 1.82) is 0 Å². The molecule has 1 fully saturated rings. The highest BCUT2D eigenvalue weighted by Crippen LogP contribution is 2.45. The van der Waals surface area contributed by atoms with Crippen LogP contribution < -0.4 is 10.6 Å². The van der Waals surface area contributed by atoms with Crippen molar-refractivity contribution >= 4 is 23.6 Å². The van der Waals surface area contributed by atoms with Gasteiger partial charge in [-0.25, -0.2) is 14.0 Å².